The highest BCUT2D eigenvalue weighted by Gasteiger charge is 2.14. The van der Waals surface area contributed by atoms with Crippen LogP contribution in [0.2, 0.25) is 5.02 Å². The van der Waals surface area contributed by atoms with Gasteiger partial charge in [-0.1, -0.05) is 17.7 Å². The second kappa shape index (κ2) is 5.63. The third kappa shape index (κ3) is 3.07. The highest BCUT2D eigenvalue weighted by Crippen LogP contribution is 2.20. The third-order valence-electron chi connectivity index (χ3n) is 2.61. The summed E-state index contributed by atoms with van der Waals surface area (Å²) in [5.41, 5.74) is 6.40. The van der Waals surface area contributed by atoms with E-state index in [0.29, 0.717) is 16.3 Å². The van der Waals surface area contributed by atoms with Gasteiger partial charge in [-0.25, -0.2) is 4.79 Å². The first-order valence-electron chi connectivity index (χ1n) is 5.67. The van der Waals surface area contributed by atoms with Crippen LogP contribution >= 0.6 is 11.6 Å². The summed E-state index contributed by atoms with van der Waals surface area (Å²) in [5, 5.41) is 12.0. The van der Waals surface area contributed by atoms with Gasteiger partial charge in [0, 0.05) is 16.3 Å². The van der Waals surface area contributed by atoms with Crippen LogP contribution in [0.1, 0.15) is 20.7 Å². The number of halogens is 1. The van der Waals surface area contributed by atoms with Gasteiger partial charge in [-0.2, -0.15) is 0 Å². The van der Waals surface area contributed by atoms with E-state index in [1.54, 1.807) is 18.2 Å². The van der Waals surface area contributed by atoms with Gasteiger partial charge in [-0.3, -0.25) is 4.79 Å². The average Bonchev–Trinajstić information content (AvgIpc) is 2.38. The van der Waals surface area contributed by atoms with Gasteiger partial charge < -0.3 is 16.2 Å². The molecule has 5 nitrogen and oxygen atoms in total. The van der Waals surface area contributed by atoms with E-state index in [2.05, 4.69) is 5.32 Å². The summed E-state index contributed by atoms with van der Waals surface area (Å²) in [6.07, 6.45) is 0. The van der Waals surface area contributed by atoms with E-state index in [0.717, 1.165) is 0 Å². The number of carboxylic acids is 1. The number of benzene rings is 2. The van der Waals surface area contributed by atoms with Crippen LogP contribution in [0.25, 0.3) is 0 Å². The molecule has 2 aromatic carbocycles. The van der Waals surface area contributed by atoms with Crippen LogP contribution in [0.4, 0.5) is 11.4 Å². The van der Waals surface area contributed by atoms with Crippen LogP contribution in [0.3, 0.4) is 0 Å². The van der Waals surface area contributed by atoms with E-state index in [-0.39, 0.29) is 11.3 Å². The Labute approximate surface area is 120 Å². The first kappa shape index (κ1) is 13.9. The number of carbonyl (C=O) groups is 2. The van der Waals surface area contributed by atoms with Crippen LogP contribution in [0.15, 0.2) is 42.5 Å². The van der Waals surface area contributed by atoms with Crippen molar-refractivity contribution in [2.24, 2.45) is 0 Å². The maximum Gasteiger partial charge on any atom is 0.337 e. The number of carboxylic acid groups (broad SMARTS) is 1. The smallest absolute Gasteiger partial charge is 0.337 e. The van der Waals surface area contributed by atoms with Crippen LogP contribution < -0.4 is 11.1 Å². The van der Waals surface area contributed by atoms with Crippen LogP contribution in [0, 0.1) is 0 Å². The number of aromatic carboxylic acids is 1. The van der Waals surface area contributed by atoms with Crippen molar-refractivity contribution in [2.45, 2.75) is 0 Å². The lowest BCUT2D eigenvalue weighted by Gasteiger charge is -2.09. The Bertz CT molecular complexity index is 686. The van der Waals surface area contributed by atoms with E-state index in [4.69, 9.17) is 22.4 Å². The highest BCUT2D eigenvalue weighted by molar-refractivity contribution is 6.31. The average molecular weight is 291 g/mol. The van der Waals surface area contributed by atoms with Gasteiger partial charge in [-0.15, -0.1) is 0 Å². The van der Waals surface area contributed by atoms with Gasteiger partial charge in [-0.05, 0) is 36.4 Å². The lowest BCUT2D eigenvalue weighted by atomic mass is 10.1. The lowest BCUT2D eigenvalue weighted by molar-refractivity contribution is 0.0698. The Hall–Kier alpha value is -2.53. The molecule has 0 aliphatic heterocycles. The summed E-state index contributed by atoms with van der Waals surface area (Å²) < 4.78 is 0. The molecule has 102 valence electrons. The zero-order valence-electron chi connectivity index (χ0n) is 10.3. The zero-order valence-corrected chi connectivity index (χ0v) is 11.0. The summed E-state index contributed by atoms with van der Waals surface area (Å²) in [7, 11) is 0. The van der Waals surface area contributed by atoms with Crippen molar-refractivity contribution in [1.29, 1.82) is 0 Å². The molecule has 0 aliphatic carbocycles. The molecule has 0 bridgehead atoms. The third-order valence-corrected chi connectivity index (χ3v) is 2.84. The SMILES string of the molecule is Nc1ccc(C(=O)O)c(NC(=O)c2cccc(Cl)c2)c1. The lowest BCUT2D eigenvalue weighted by Crippen LogP contribution is -2.15. The number of nitrogens with one attached hydrogen (secondary N) is 1. The van der Waals surface area contributed by atoms with Gasteiger partial charge in [0.1, 0.15) is 0 Å². The molecule has 4 N–H and O–H groups in total. The summed E-state index contributed by atoms with van der Waals surface area (Å²) in [4.78, 5) is 23.1. The Morgan fingerprint density at radius 3 is 2.55 bits per heavy atom. The van der Waals surface area contributed by atoms with Gasteiger partial charge in [0.2, 0.25) is 0 Å². The fraction of sp³-hybridized carbons (Fsp3) is 0. The maximum absolute atomic E-state index is 12.0. The van der Waals surface area contributed by atoms with Crippen LogP contribution in [-0.4, -0.2) is 17.0 Å². The molecular formula is C14H11ClN2O3. The van der Waals surface area contributed by atoms with Crippen LogP contribution in [0.5, 0.6) is 0 Å². The quantitative estimate of drug-likeness (QED) is 0.758. The summed E-state index contributed by atoms with van der Waals surface area (Å²) in [5.74, 6) is -1.60. The second-order valence-corrected chi connectivity index (χ2v) is 4.51. The molecule has 0 radical (unpaired) electrons. The van der Waals surface area contributed by atoms with Crippen molar-refractivity contribution in [3.63, 3.8) is 0 Å². The molecule has 20 heavy (non-hydrogen) atoms. The number of hydrogen-bond donors (Lipinski definition) is 3. The minimum Gasteiger partial charge on any atom is -0.478 e. The topological polar surface area (TPSA) is 92.4 Å². The fourth-order valence-electron chi connectivity index (χ4n) is 1.68. The second-order valence-electron chi connectivity index (χ2n) is 4.07. The molecule has 0 unspecified atom stereocenters. The number of amides is 1. The van der Waals surface area contributed by atoms with Crippen molar-refractivity contribution >= 4 is 34.9 Å². The first-order valence-corrected chi connectivity index (χ1v) is 6.05. The number of anilines is 2. The van der Waals surface area contributed by atoms with E-state index in [9.17, 15) is 9.59 Å². The number of nitrogens with two attached hydrogens (primary N) is 1. The standard InChI is InChI=1S/C14H11ClN2O3/c15-9-3-1-2-8(6-9)13(18)17-12-7-10(16)4-5-11(12)14(19)20/h1-7H,16H2,(H,17,18)(H,19,20). The maximum atomic E-state index is 12.0. The summed E-state index contributed by atoms with van der Waals surface area (Å²) in [6, 6.07) is 10.5. The molecule has 0 aliphatic rings. The van der Waals surface area contributed by atoms with Gasteiger partial charge in [0.15, 0.2) is 0 Å². The fourth-order valence-corrected chi connectivity index (χ4v) is 1.87. The molecule has 0 heterocycles. The van der Waals surface area contributed by atoms with Gasteiger partial charge in [0.25, 0.3) is 5.91 Å². The van der Waals surface area contributed by atoms with E-state index in [1.165, 1.54) is 24.3 Å². The molecule has 0 spiro atoms. The normalized spacial score (nSPS) is 10.1. The molecule has 0 fully saturated rings. The number of hydrogen-bond acceptors (Lipinski definition) is 3. The molecule has 0 aromatic heterocycles. The van der Waals surface area contributed by atoms with E-state index in [1.807, 2.05) is 0 Å². The molecule has 0 saturated heterocycles. The van der Waals surface area contributed by atoms with Crippen molar-refractivity contribution in [3.05, 3.63) is 58.6 Å². The molecule has 1 amide bonds. The van der Waals surface area contributed by atoms with Crippen molar-refractivity contribution in [1.82, 2.24) is 0 Å². The van der Waals surface area contributed by atoms with Crippen molar-refractivity contribution in [3.8, 4) is 0 Å². The van der Waals surface area contributed by atoms with Gasteiger partial charge >= 0.3 is 5.97 Å². The van der Waals surface area contributed by atoms with Gasteiger partial charge in [0.05, 0.1) is 11.3 Å². The predicted octanol–water partition coefficient (Wildman–Crippen LogP) is 2.87. The highest BCUT2D eigenvalue weighted by atomic mass is 35.5. The Morgan fingerprint density at radius 2 is 1.90 bits per heavy atom. The molecular weight excluding hydrogens is 280 g/mol. The molecule has 6 heteroatoms. The number of nitrogen functional groups attached to an aromatic ring is 1. The molecule has 2 aromatic rings. The first-order chi connectivity index (χ1) is 9.47. The Balaban J connectivity index is 2.32. The predicted molar refractivity (Wildman–Crippen MR) is 77.2 cm³/mol. The zero-order chi connectivity index (χ0) is 14.7. The van der Waals surface area contributed by atoms with Crippen molar-refractivity contribution < 1.29 is 14.7 Å². The number of carbonyl (C=O) groups excluding carboxylic acids is 1. The summed E-state index contributed by atoms with van der Waals surface area (Å²) >= 11 is 5.80. The minimum absolute atomic E-state index is 0.0328. The van der Waals surface area contributed by atoms with Crippen molar-refractivity contribution in [2.75, 3.05) is 11.1 Å². The molecule has 2 rings (SSSR count). The van der Waals surface area contributed by atoms with E-state index < -0.39 is 11.9 Å². The van der Waals surface area contributed by atoms with E-state index >= 15 is 0 Å². The molecule has 0 saturated carbocycles. The molecule has 0 atom stereocenters. The Morgan fingerprint density at radius 1 is 1.15 bits per heavy atom. The monoisotopic (exact) mass is 290 g/mol. The minimum atomic E-state index is -1.15. The van der Waals surface area contributed by atoms with Crippen LogP contribution in [-0.2, 0) is 0 Å². The Kier molecular flexibility index (Phi) is 3.91. The summed E-state index contributed by atoms with van der Waals surface area (Å²) in [6.45, 7) is 0. The largest absolute Gasteiger partial charge is 0.478 e. The number of rotatable bonds is 3.